The Morgan fingerprint density at radius 2 is 2.08 bits per heavy atom. The number of nitrogens with zero attached hydrogens (tertiary/aromatic N) is 1. The second-order valence-electron chi connectivity index (χ2n) is 4.11. The molecule has 0 aromatic rings. The van der Waals surface area contributed by atoms with Gasteiger partial charge in [0.15, 0.2) is 0 Å². The number of hydrogen-bond acceptors (Lipinski definition) is 3. The van der Waals surface area contributed by atoms with Crippen LogP contribution in [0.25, 0.3) is 0 Å². The lowest BCUT2D eigenvalue weighted by Crippen LogP contribution is -2.37. The molecule has 0 radical (unpaired) electrons. The van der Waals surface area contributed by atoms with E-state index in [0.29, 0.717) is 11.3 Å². The summed E-state index contributed by atoms with van der Waals surface area (Å²) in [7, 11) is 0. The maximum atomic E-state index is 8.88. The standard InChI is InChI=1S/C9H16N2S/c1-6(2)8-11-7(5-10)9(3,4)12-8/h6-8,11H,1-4H3. The largest absolute Gasteiger partial charge is 0.289 e. The van der Waals surface area contributed by atoms with E-state index in [1.54, 1.807) is 0 Å². The van der Waals surface area contributed by atoms with Crippen LogP contribution in [0, 0.1) is 17.2 Å². The van der Waals surface area contributed by atoms with Crippen molar-refractivity contribution in [1.82, 2.24) is 5.32 Å². The van der Waals surface area contributed by atoms with E-state index < -0.39 is 0 Å². The third-order valence-corrected chi connectivity index (χ3v) is 3.97. The third kappa shape index (κ3) is 1.75. The lowest BCUT2D eigenvalue weighted by Gasteiger charge is -2.19. The molecule has 2 atom stereocenters. The van der Waals surface area contributed by atoms with E-state index in [4.69, 9.17) is 5.26 Å². The van der Waals surface area contributed by atoms with Crippen molar-refractivity contribution in [2.24, 2.45) is 5.92 Å². The SMILES string of the molecule is CC(C)C1NC(C#N)C(C)(C)S1. The van der Waals surface area contributed by atoms with E-state index >= 15 is 0 Å². The summed E-state index contributed by atoms with van der Waals surface area (Å²) in [6, 6.07) is 2.30. The van der Waals surface area contributed by atoms with Crippen LogP contribution in [0.3, 0.4) is 0 Å². The summed E-state index contributed by atoms with van der Waals surface area (Å²) >= 11 is 1.87. The molecule has 12 heavy (non-hydrogen) atoms. The van der Waals surface area contributed by atoms with Crippen molar-refractivity contribution in [3.63, 3.8) is 0 Å². The molecule has 2 nitrogen and oxygen atoms in total. The average molecular weight is 184 g/mol. The van der Waals surface area contributed by atoms with Gasteiger partial charge in [-0.15, -0.1) is 11.8 Å². The highest BCUT2D eigenvalue weighted by Crippen LogP contribution is 2.39. The molecule has 0 amide bonds. The normalized spacial score (nSPS) is 33.7. The molecule has 1 N–H and O–H groups in total. The van der Waals surface area contributed by atoms with Crippen LogP contribution in [0.4, 0.5) is 0 Å². The maximum absolute atomic E-state index is 8.88. The zero-order valence-electron chi connectivity index (χ0n) is 8.09. The molecule has 68 valence electrons. The third-order valence-electron chi connectivity index (χ3n) is 2.19. The molecule has 0 bridgehead atoms. The van der Waals surface area contributed by atoms with E-state index in [-0.39, 0.29) is 10.8 Å². The van der Waals surface area contributed by atoms with Gasteiger partial charge in [-0.25, -0.2) is 0 Å². The lowest BCUT2D eigenvalue weighted by atomic mass is 10.0. The number of nitriles is 1. The molecule has 0 spiro atoms. The maximum Gasteiger partial charge on any atom is 0.110 e. The fourth-order valence-corrected chi connectivity index (χ4v) is 2.70. The fraction of sp³-hybridized carbons (Fsp3) is 0.889. The molecule has 0 saturated carbocycles. The van der Waals surface area contributed by atoms with Crippen molar-refractivity contribution in [3.8, 4) is 6.07 Å². The van der Waals surface area contributed by atoms with Crippen LogP contribution in [0.15, 0.2) is 0 Å². The van der Waals surface area contributed by atoms with Gasteiger partial charge < -0.3 is 0 Å². The van der Waals surface area contributed by atoms with Gasteiger partial charge in [-0.05, 0) is 19.8 Å². The molecule has 1 aliphatic rings. The molecule has 1 heterocycles. The van der Waals surface area contributed by atoms with Gasteiger partial charge in [0.25, 0.3) is 0 Å². The summed E-state index contributed by atoms with van der Waals surface area (Å²) in [6.45, 7) is 8.61. The van der Waals surface area contributed by atoms with Crippen LogP contribution in [-0.4, -0.2) is 16.2 Å². The molecule has 0 aromatic heterocycles. The number of thioether (sulfide) groups is 1. The van der Waals surface area contributed by atoms with Gasteiger partial charge in [-0.2, -0.15) is 5.26 Å². The van der Waals surface area contributed by atoms with Crippen LogP contribution in [0.5, 0.6) is 0 Å². The first-order chi connectivity index (χ1) is 5.47. The molecule has 1 rings (SSSR count). The van der Waals surface area contributed by atoms with Gasteiger partial charge in [0.1, 0.15) is 6.04 Å². The van der Waals surface area contributed by atoms with Crippen molar-refractivity contribution < 1.29 is 0 Å². The summed E-state index contributed by atoms with van der Waals surface area (Å²) in [6.07, 6.45) is 0. The van der Waals surface area contributed by atoms with Crippen LogP contribution in [-0.2, 0) is 0 Å². The highest BCUT2D eigenvalue weighted by Gasteiger charge is 2.41. The van der Waals surface area contributed by atoms with Crippen LogP contribution in [0.1, 0.15) is 27.7 Å². The Kier molecular flexibility index (Phi) is 2.70. The zero-order valence-corrected chi connectivity index (χ0v) is 8.90. The van der Waals surface area contributed by atoms with Gasteiger partial charge in [-0.3, -0.25) is 5.32 Å². The van der Waals surface area contributed by atoms with E-state index in [9.17, 15) is 0 Å². The van der Waals surface area contributed by atoms with E-state index in [1.165, 1.54) is 0 Å². The highest BCUT2D eigenvalue weighted by atomic mass is 32.2. The summed E-state index contributed by atoms with van der Waals surface area (Å²) in [5, 5.41) is 12.6. The molecule has 3 heteroatoms. The van der Waals surface area contributed by atoms with Gasteiger partial charge in [0.05, 0.1) is 11.4 Å². The fourth-order valence-electron chi connectivity index (χ4n) is 1.32. The van der Waals surface area contributed by atoms with Crippen molar-refractivity contribution in [2.45, 2.75) is 43.9 Å². The van der Waals surface area contributed by atoms with Gasteiger partial charge in [0.2, 0.25) is 0 Å². The van der Waals surface area contributed by atoms with Gasteiger partial charge in [0, 0.05) is 4.75 Å². The molecule has 0 aliphatic carbocycles. The first kappa shape index (κ1) is 9.88. The predicted octanol–water partition coefficient (Wildman–Crippen LogP) is 1.98. The Morgan fingerprint density at radius 3 is 2.33 bits per heavy atom. The van der Waals surface area contributed by atoms with E-state index in [2.05, 4.69) is 39.1 Å². The van der Waals surface area contributed by atoms with Gasteiger partial charge >= 0.3 is 0 Å². The smallest absolute Gasteiger partial charge is 0.110 e. The zero-order chi connectivity index (χ0) is 9.35. The first-order valence-corrected chi connectivity index (χ1v) is 5.19. The molecule has 1 aliphatic heterocycles. The van der Waals surface area contributed by atoms with Gasteiger partial charge in [-0.1, -0.05) is 13.8 Å². The Balaban J connectivity index is 2.68. The minimum absolute atomic E-state index is 0.00472. The minimum Gasteiger partial charge on any atom is -0.289 e. The molecular formula is C9H16N2S. The second-order valence-corrected chi connectivity index (χ2v) is 5.91. The Morgan fingerprint density at radius 1 is 1.50 bits per heavy atom. The second kappa shape index (κ2) is 3.27. The molecule has 0 aromatic carbocycles. The number of hydrogen-bond donors (Lipinski definition) is 1. The van der Waals surface area contributed by atoms with Crippen molar-refractivity contribution >= 4 is 11.8 Å². The van der Waals surface area contributed by atoms with E-state index in [1.807, 2.05) is 11.8 Å². The van der Waals surface area contributed by atoms with Crippen molar-refractivity contribution in [1.29, 1.82) is 5.26 Å². The summed E-state index contributed by atoms with van der Waals surface area (Å²) < 4.78 is 0.0592. The van der Waals surface area contributed by atoms with Crippen LogP contribution in [0.2, 0.25) is 0 Å². The van der Waals surface area contributed by atoms with Crippen molar-refractivity contribution in [3.05, 3.63) is 0 Å². The number of nitrogens with one attached hydrogen (secondary N) is 1. The van der Waals surface area contributed by atoms with Crippen LogP contribution < -0.4 is 5.32 Å². The summed E-state index contributed by atoms with van der Waals surface area (Å²) in [5.74, 6) is 0.590. The lowest BCUT2D eigenvalue weighted by molar-refractivity contribution is 0.479. The number of rotatable bonds is 1. The topological polar surface area (TPSA) is 35.8 Å². The monoisotopic (exact) mass is 184 g/mol. The van der Waals surface area contributed by atoms with Crippen LogP contribution >= 0.6 is 11.8 Å². The molecular weight excluding hydrogens is 168 g/mol. The molecule has 1 saturated heterocycles. The van der Waals surface area contributed by atoms with Crippen molar-refractivity contribution in [2.75, 3.05) is 0 Å². The average Bonchev–Trinajstić information content (AvgIpc) is 2.25. The Hall–Kier alpha value is -0.200. The summed E-state index contributed by atoms with van der Waals surface area (Å²) in [5.41, 5.74) is 0. The predicted molar refractivity (Wildman–Crippen MR) is 52.8 cm³/mol. The first-order valence-electron chi connectivity index (χ1n) is 4.31. The minimum atomic E-state index is -0.00472. The molecule has 1 fully saturated rings. The highest BCUT2D eigenvalue weighted by molar-refractivity contribution is 8.01. The molecule has 2 unspecified atom stereocenters. The Bertz CT molecular complexity index is 205. The Labute approximate surface area is 78.7 Å². The summed E-state index contributed by atoms with van der Waals surface area (Å²) in [4.78, 5) is 0. The quantitative estimate of drug-likeness (QED) is 0.677. The van der Waals surface area contributed by atoms with E-state index in [0.717, 1.165) is 0 Å².